The predicted molar refractivity (Wildman–Crippen MR) is 111 cm³/mol. The fraction of sp³-hybridized carbons (Fsp3) is 0.111. The van der Waals surface area contributed by atoms with Gasteiger partial charge >= 0.3 is 0 Å². The topological polar surface area (TPSA) is 88.9 Å². The van der Waals surface area contributed by atoms with Crippen molar-refractivity contribution < 1.29 is 9.59 Å². The van der Waals surface area contributed by atoms with Crippen molar-refractivity contribution in [3.8, 4) is 0 Å². The third-order valence-electron chi connectivity index (χ3n) is 3.72. The van der Waals surface area contributed by atoms with Gasteiger partial charge in [0.15, 0.2) is 5.16 Å². The molecule has 0 atom stereocenters. The molecule has 0 spiro atoms. The molecule has 0 aliphatic heterocycles. The molecule has 0 saturated carbocycles. The van der Waals surface area contributed by atoms with Crippen LogP contribution in [0.4, 0.5) is 0 Å². The molecular formula is C18H15BrClN5O2S. The first-order valence-electron chi connectivity index (χ1n) is 8.05. The minimum absolute atomic E-state index is 0.257. The van der Waals surface area contributed by atoms with Crippen molar-refractivity contribution in [3.05, 3.63) is 75.0 Å². The molecule has 3 aromatic rings. The van der Waals surface area contributed by atoms with Gasteiger partial charge in [-0.05, 0) is 35.9 Å². The number of hydrogen-bond donors (Lipinski definition) is 2. The van der Waals surface area contributed by atoms with E-state index >= 15 is 0 Å². The van der Waals surface area contributed by atoms with E-state index in [1.54, 1.807) is 48.4 Å². The molecule has 0 fully saturated rings. The lowest BCUT2D eigenvalue weighted by Crippen LogP contribution is -2.41. The Hall–Kier alpha value is -2.36. The molecule has 28 heavy (non-hydrogen) atoms. The third-order valence-corrected chi connectivity index (χ3v) is 5.64. The highest BCUT2D eigenvalue weighted by Crippen LogP contribution is 2.21. The Kier molecular flexibility index (Phi) is 6.71. The van der Waals surface area contributed by atoms with E-state index < -0.39 is 11.8 Å². The maximum atomic E-state index is 12.2. The molecule has 0 unspecified atom stereocenters. The van der Waals surface area contributed by atoms with Crippen LogP contribution in [0.15, 0.2) is 58.4 Å². The van der Waals surface area contributed by atoms with Crippen molar-refractivity contribution in [1.29, 1.82) is 0 Å². The zero-order chi connectivity index (χ0) is 20.1. The second-order valence-electron chi connectivity index (χ2n) is 5.74. The van der Waals surface area contributed by atoms with E-state index in [0.29, 0.717) is 20.8 Å². The Labute approximate surface area is 179 Å². The zero-order valence-corrected chi connectivity index (χ0v) is 17.8. The second kappa shape index (κ2) is 9.22. The Balaban J connectivity index is 1.55. The number of carbonyl (C=O) groups excluding carboxylic acids is 2. The van der Waals surface area contributed by atoms with Crippen LogP contribution in [0, 0.1) is 0 Å². The van der Waals surface area contributed by atoms with E-state index in [1.807, 2.05) is 23.7 Å². The minimum Gasteiger partial charge on any atom is -0.312 e. The van der Waals surface area contributed by atoms with Gasteiger partial charge in [0.1, 0.15) is 6.33 Å². The molecule has 1 aromatic heterocycles. The smallest absolute Gasteiger partial charge is 0.271 e. The van der Waals surface area contributed by atoms with E-state index in [9.17, 15) is 9.59 Å². The summed E-state index contributed by atoms with van der Waals surface area (Å²) in [7, 11) is 1.88. The van der Waals surface area contributed by atoms with Crippen molar-refractivity contribution >= 4 is 51.1 Å². The molecule has 0 radical (unpaired) electrons. The summed E-state index contributed by atoms with van der Waals surface area (Å²) in [5, 5.41) is 8.95. The Morgan fingerprint density at radius 3 is 2.54 bits per heavy atom. The lowest BCUT2D eigenvalue weighted by Gasteiger charge is -2.09. The lowest BCUT2D eigenvalue weighted by atomic mass is 10.1. The van der Waals surface area contributed by atoms with Crippen LogP contribution in [-0.2, 0) is 12.8 Å². The molecule has 2 N–H and O–H groups in total. The standard InChI is InChI=1S/C18H15BrClN5O2S/c1-25-10-21-24-18(25)28-9-11-2-4-12(5-3-11)16(26)22-23-17(27)14-8-13(19)6-7-15(14)20/h2-8,10H,9H2,1H3,(H,22,26)(H,23,27). The van der Waals surface area contributed by atoms with E-state index in [2.05, 4.69) is 37.0 Å². The number of rotatable bonds is 5. The van der Waals surface area contributed by atoms with Crippen molar-refractivity contribution in [2.45, 2.75) is 10.9 Å². The fourth-order valence-electron chi connectivity index (χ4n) is 2.23. The maximum Gasteiger partial charge on any atom is 0.271 e. The van der Waals surface area contributed by atoms with Crippen LogP contribution in [0.5, 0.6) is 0 Å². The summed E-state index contributed by atoms with van der Waals surface area (Å²) in [5.74, 6) is -0.227. The highest BCUT2D eigenvalue weighted by Gasteiger charge is 2.13. The molecule has 3 rings (SSSR count). The maximum absolute atomic E-state index is 12.2. The summed E-state index contributed by atoms with van der Waals surface area (Å²) in [6.07, 6.45) is 1.64. The molecular weight excluding hydrogens is 466 g/mol. The highest BCUT2D eigenvalue weighted by molar-refractivity contribution is 9.10. The molecule has 7 nitrogen and oxygen atoms in total. The number of nitrogens with zero attached hydrogens (tertiary/aromatic N) is 3. The first kappa shape index (κ1) is 20.4. The first-order valence-corrected chi connectivity index (χ1v) is 10.2. The Bertz CT molecular complexity index is 1010. The monoisotopic (exact) mass is 479 g/mol. The van der Waals surface area contributed by atoms with Gasteiger partial charge in [0, 0.05) is 22.8 Å². The van der Waals surface area contributed by atoms with Crippen LogP contribution in [0.2, 0.25) is 5.02 Å². The molecule has 144 valence electrons. The lowest BCUT2D eigenvalue weighted by molar-refractivity contribution is 0.0846. The van der Waals surface area contributed by atoms with Gasteiger partial charge in [0.05, 0.1) is 10.6 Å². The number of nitrogens with one attached hydrogen (secondary N) is 2. The van der Waals surface area contributed by atoms with Crippen molar-refractivity contribution in [2.75, 3.05) is 0 Å². The van der Waals surface area contributed by atoms with Crippen molar-refractivity contribution in [3.63, 3.8) is 0 Å². The Morgan fingerprint density at radius 1 is 1.14 bits per heavy atom. The minimum atomic E-state index is -0.503. The SMILES string of the molecule is Cn1cnnc1SCc1ccc(C(=O)NNC(=O)c2cc(Br)ccc2Cl)cc1. The average Bonchev–Trinajstić information content (AvgIpc) is 3.11. The van der Waals surface area contributed by atoms with Crippen LogP contribution in [0.3, 0.4) is 0 Å². The third kappa shape index (κ3) is 5.12. The van der Waals surface area contributed by atoms with Gasteiger partial charge in [-0.1, -0.05) is 51.4 Å². The summed E-state index contributed by atoms with van der Waals surface area (Å²) in [6.45, 7) is 0. The summed E-state index contributed by atoms with van der Waals surface area (Å²) >= 11 is 10.8. The predicted octanol–water partition coefficient (Wildman–Crippen LogP) is 3.60. The van der Waals surface area contributed by atoms with Gasteiger partial charge in [-0.2, -0.15) is 0 Å². The molecule has 0 aliphatic rings. The molecule has 1 heterocycles. The van der Waals surface area contributed by atoms with Crippen LogP contribution < -0.4 is 10.9 Å². The second-order valence-corrected chi connectivity index (χ2v) is 8.01. The highest BCUT2D eigenvalue weighted by atomic mass is 79.9. The number of amides is 2. The van der Waals surface area contributed by atoms with Crippen molar-refractivity contribution in [1.82, 2.24) is 25.6 Å². The quantitative estimate of drug-likeness (QED) is 0.430. The molecule has 2 aromatic carbocycles. The van der Waals surface area contributed by atoms with Crippen LogP contribution >= 0.6 is 39.3 Å². The van der Waals surface area contributed by atoms with Gasteiger partial charge in [-0.15, -0.1) is 10.2 Å². The van der Waals surface area contributed by atoms with E-state index in [-0.39, 0.29) is 5.56 Å². The fourth-order valence-corrected chi connectivity index (χ4v) is 3.64. The number of aromatic nitrogens is 3. The number of aryl methyl sites for hydroxylation is 1. The van der Waals surface area contributed by atoms with Crippen LogP contribution in [0.25, 0.3) is 0 Å². The number of halogens is 2. The van der Waals surface area contributed by atoms with E-state index in [4.69, 9.17) is 11.6 Å². The van der Waals surface area contributed by atoms with Crippen molar-refractivity contribution in [2.24, 2.45) is 7.05 Å². The number of hydrazine groups is 1. The van der Waals surface area contributed by atoms with Crippen LogP contribution in [-0.4, -0.2) is 26.6 Å². The van der Waals surface area contributed by atoms with Crippen LogP contribution in [0.1, 0.15) is 26.3 Å². The Morgan fingerprint density at radius 2 is 1.86 bits per heavy atom. The van der Waals surface area contributed by atoms with Gasteiger partial charge in [0.2, 0.25) is 0 Å². The van der Waals surface area contributed by atoms with E-state index in [1.165, 1.54) is 0 Å². The first-order chi connectivity index (χ1) is 13.4. The summed E-state index contributed by atoms with van der Waals surface area (Å²) < 4.78 is 2.55. The number of thioether (sulfide) groups is 1. The molecule has 0 aliphatic carbocycles. The molecule has 10 heteroatoms. The average molecular weight is 481 g/mol. The van der Waals surface area contributed by atoms with Gasteiger partial charge in [-0.25, -0.2) is 0 Å². The number of benzene rings is 2. The van der Waals surface area contributed by atoms with Gasteiger partial charge in [0.25, 0.3) is 11.8 Å². The molecule has 2 amide bonds. The van der Waals surface area contributed by atoms with Gasteiger partial charge in [-0.3, -0.25) is 20.4 Å². The number of carbonyl (C=O) groups is 2. The normalized spacial score (nSPS) is 10.5. The molecule has 0 saturated heterocycles. The zero-order valence-electron chi connectivity index (χ0n) is 14.6. The summed E-state index contributed by atoms with van der Waals surface area (Å²) in [5.41, 5.74) is 6.47. The largest absolute Gasteiger partial charge is 0.312 e. The molecule has 0 bridgehead atoms. The van der Waals surface area contributed by atoms with Gasteiger partial charge < -0.3 is 4.57 Å². The number of hydrogen-bond acceptors (Lipinski definition) is 5. The summed E-state index contributed by atoms with van der Waals surface area (Å²) in [6, 6.07) is 12.0. The van der Waals surface area contributed by atoms with E-state index in [0.717, 1.165) is 10.7 Å². The summed E-state index contributed by atoms with van der Waals surface area (Å²) in [4.78, 5) is 24.4.